The summed E-state index contributed by atoms with van der Waals surface area (Å²) in [6.07, 6.45) is 0. The Morgan fingerprint density at radius 1 is 0.643 bits per heavy atom. The Kier molecular flexibility index (Phi) is 3.36. The molecule has 0 radical (unpaired) electrons. The van der Waals surface area contributed by atoms with Crippen molar-refractivity contribution >= 4 is 27.5 Å². The first-order valence-corrected chi connectivity index (χ1v) is 10.3. The smallest absolute Gasteiger partial charge is 0.133 e. The lowest BCUT2D eigenvalue weighted by molar-refractivity contribution is 0.436. The number of benzene rings is 4. The van der Waals surface area contributed by atoms with Crippen LogP contribution in [0.5, 0.6) is 11.5 Å². The molecule has 1 atom stereocenters. The molecule has 1 unspecified atom stereocenters. The van der Waals surface area contributed by atoms with Gasteiger partial charge in [-0.15, -0.1) is 0 Å². The number of para-hydroxylation sites is 1. The van der Waals surface area contributed by atoms with Crippen LogP contribution in [0.15, 0.2) is 89.4 Å². The van der Waals surface area contributed by atoms with Gasteiger partial charge in [0.1, 0.15) is 11.5 Å². The lowest BCUT2D eigenvalue weighted by Crippen LogP contribution is -2.32. The lowest BCUT2D eigenvalue weighted by Gasteiger charge is -2.39. The molecule has 2 aliphatic rings. The van der Waals surface area contributed by atoms with Gasteiger partial charge < -0.3 is 4.74 Å². The quantitative estimate of drug-likeness (QED) is 0.234. The summed E-state index contributed by atoms with van der Waals surface area (Å²) >= 11 is 10.0. The van der Waals surface area contributed by atoms with Crippen molar-refractivity contribution < 1.29 is 4.74 Å². The van der Waals surface area contributed by atoms with Crippen LogP contribution in [0.25, 0.3) is 11.1 Å². The molecule has 1 aliphatic carbocycles. The predicted octanol–water partition coefficient (Wildman–Crippen LogP) is 7.57. The molecule has 3 heteroatoms. The van der Waals surface area contributed by atoms with Crippen LogP contribution in [-0.4, -0.2) is 0 Å². The number of hydrogen-bond acceptors (Lipinski definition) is 1. The van der Waals surface area contributed by atoms with E-state index in [0.717, 1.165) is 26.6 Å². The number of ether oxygens (including phenoxy) is 1. The van der Waals surface area contributed by atoms with Crippen molar-refractivity contribution in [2.24, 2.45) is 0 Å². The highest BCUT2D eigenvalue weighted by atomic mass is 79.9. The third-order valence-corrected chi connectivity index (χ3v) is 6.59. The van der Waals surface area contributed by atoms with Gasteiger partial charge in [-0.3, -0.25) is 0 Å². The molecule has 28 heavy (non-hydrogen) atoms. The minimum absolute atomic E-state index is 0.415. The van der Waals surface area contributed by atoms with E-state index in [-0.39, 0.29) is 0 Å². The molecule has 4 aromatic rings. The van der Waals surface area contributed by atoms with Gasteiger partial charge in [-0.2, -0.15) is 0 Å². The second-order valence-electron chi connectivity index (χ2n) is 7.22. The Balaban J connectivity index is 1.84. The highest BCUT2D eigenvalue weighted by Crippen LogP contribution is 2.62. The summed E-state index contributed by atoms with van der Waals surface area (Å²) < 4.78 is 7.35. The summed E-state index contributed by atoms with van der Waals surface area (Å²) in [5, 5.41) is 0.752. The summed E-state index contributed by atoms with van der Waals surface area (Å²) in [7, 11) is 0. The number of hydrogen-bond donors (Lipinski definition) is 0. The maximum Gasteiger partial charge on any atom is 0.133 e. The number of rotatable bonds is 0. The molecule has 0 saturated carbocycles. The first kappa shape index (κ1) is 16.4. The topological polar surface area (TPSA) is 9.23 Å². The average molecular weight is 446 g/mol. The normalized spacial score (nSPS) is 18.1. The van der Waals surface area contributed by atoms with Crippen molar-refractivity contribution in [3.63, 3.8) is 0 Å². The van der Waals surface area contributed by atoms with Crippen LogP contribution in [-0.2, 0) is 5.41 Å². The van der Waals surface area contributed by atoms with Crippen molar-refractivity contribution in [1.82, 2.24) is 0 Å². The van der Waals surface area contributed by atoms with Gasteiger partial charge in [0.25, 0.3) is 0 Å². The Morgan fingerprint density at radius 3 is 2.21 bits per heavy atom. The maximum absolute atomic E-state index is 6.41. The molecule has 0 amide bonds. The van der Waals surface area contributed by atoms with Gasteiger partial charge in [0.2, 0.25) is 0 Å². The lowest BCUT2D eigenvalue weighted by atomic mass is 9.66. The third-order valence-electron chi connectivity index (χ3n) is 5.87. The van der Waals surface area contributed by atoms with Gasteiger partial charge in [0.05, 0.1) is 5.41 Å². The zero-order chi connectivity index (χ0) is 18.9. The summed E-state index contributed by atoms with van der Waals surface area (Å²) in [5.74, 6) is 1.77. The molecule has 0 bridgehead atoms. The highest BCUT2D eigenvalue weighted by molar-refractivity contribution is 9.10. The standard InChI is InChI=1S/C25H14BrClO/c26-15-9-11-22-24(13-15)28-23-8-4-3-7-21(23)25(22)19-6-2-1-5-17(19)18-14-16(27)10-12-20(18)25/h1-14H. The molecule has 1 aliphatic heterocycles. The van der Waals surface area contributed by atoms with E-state index in [1.807, 2.05) is 12.1 Å². The molecule has 1 spiro atoms. The Hall–Kier alpha value is -2.55. The predicted molar refractivity (Wildman–Crippen MR) is 117 cm³/mol. The number of fused-ring (bicyclic) bond motifs is 9. The zero-order valence-electron chi connectivity index (χ0n) is 14.7. The molecule has 134 valence electrons. The Labute approximate surface area is 176 Å². The van der Waals surface area contributed by atoms with E-state index in [4.69, 9.17) is 16.3 Å². The van der Waals surface area contributed by atoms with Gasteiger partial charge >= 0.3 is 0 Å². The largest absolute Gasteiger partial charge is 0.457 e. The van der Waals surface area contributed by atoms with E-state index >= 15 is 0 Å². The summed E-state index contributed by atoms with van der Waals surface area (Å²) in [4.78, 5) is 0. The van der Waals surface area contributed by atoms with Crippen LogP contribution in [0.2, 0.25) is 5.02 Å². The third kappa shape index (κ3) is 1.97. The molecule has 0 N–H and O–H groups in total. The molecule has 1 heterocycles. The van der Waals surface area contributed by atoms with E-state index in [2.05, 4.69) is 88.7 Å². The van der Waals surface area contributed by atoms with E-state index in [1.165, 1.54) is 27.8 Å². The average Bonchev–Trinajstić information content (AvgIpc) is 2.99. The Bertz CT molecular complexity index is 1280. The molecule has 1 nitrogen and oxygen atoms in total. The maximum atomic E-state index is 6.41. The molecule has 0 saturated heterocycles. The van der Waals surface area contributed by atoms with Gasteiger partial charge in [-0.25, -0.2) is 0 Å². The minimum Gasteiger partial charge on any atom is -0.457 e. The SMILES string of the molecule is Clc1ccc2c(c1)-c1ccccc1C21c2ccccc2Oc2cc(Br)ccc21. The van der Waals surface area contributed by atoms with Gasteiger partial charge in [-0.05, 0) is 52.6 Å². The van der Waals surface area contributed by atoms with Crippen molar-refractivity contribution in [3.8, 4) is 22.6 Å². The summed E-state index contributed by atoms with van der Waals surface area (Å²) in [6, 6.07) is 29.6. The van der Waals surface area contributed by atoms with Crippen LogP contribution in [0.4, 0.5) is 0 Å². The van der Waals surface area contributed by atoms with Crippen molar-refractivity contribution in [1.29, 1.82) is 0 Å². The molecule has 0 aromatic heterocycles. The fourth-order valence-electron chi connectivity index (χ4n) is 4.86. The zero-order valence-corrected chi connectivity index (χ0v) is 17.1. The van der Waals surface area contributed by atoms with Crippen molar-refractivity contribution in [2.45, 2.75) is 5.41 Å². The second kappa shape index (κ2) is 5.73. The first-order valence-electron chi connectivity index (χ1n) is 9.17. The van der Waals surface area contributed by atoms with Crippen LogP contribution >= 0.6 is 27.5 Å². The summed E-state index contributed by atoms with van der Waals surface area (Å²) in [5.41, 5.74) is 6.84. The van der Waals surface area contributed by atoms with Crippen molar-refractivity contribution in [3.05, 3.63) is 117 Å². The fraction of sp³-hybridized carbons (Fsp3) is 0.0400. The molecule has 0 fully saturated rings. The first-order chi connectivity index (χ1) is 13.7. The molecule has 6 rings (SSSR count). The van der Waals surface area contributed by atoms with E-state index in [0.29, 0.717) is 0 Å². The minimum atomic E-state index is -0.415. The van der Waals surface area contributed by atoms with Gasteiger partial charge in [-0.1, -0.05) is 82.1 Å². The van der Waals surface area contributed by atoms with Crippen LogP contribution < -0.4 is 4.74 Å². The van der Waals surface area contributed by atoms with E-state index < -0.39 is 5.41 Å². The second-order valence-corrected chi connectivity index (χ2v) is 8.58. The van der Waals surface area contributed by atoms with Gasteiger partial charge in [0.15, 0.2) is 0 Å². The van der Waals surface area contributed by atoms with Gasteiger partial charge in [0, 0.05) is 20.6 Å². The van der Waals surface area contributed by atoms with Crippen molar-refractivity contribution in [2.75, 3.05) is 0 Å². The fourth-order valence-corrected chi connectivity index (χ4v) is 5.37. The summed E-state index contributed by atoms with van der Waals surface area (Å²) in [6.45, 7) is 0. The van der Waals surface area contributed by atoms with Crippen LogP contribution in [0.3, 0.4) is 0 Å². The van der Waals surface area contributed by atoms with E-state index in [1.54, 1.807) is 0 Å². The molecule has 4 aromatic carbocycles. The molecular formula is C25H14BrClO. The van der Waals surface area contributed by atoms with E-state index in [9.17, 15) is 0 Å². The van der Waals surface area contributed by atoms with Crippen LogP contribution in [0.1, 0.15) is 22.3 Å². The number of halogens is 2. The molecular weight excluding hydrogens is 432 g/mol. The highest BCUT2D eigenvalue weighted by Gasteiger charge is 2.50. The monoisotopic (exact) mass is 444 g/mol. The van der Waals surface area contributed by atoms with Crippen LogP contribution in [0, 0.1) is 0 Å². The Morgan fingerprint density at radius 2 is 1.32 bits per heavy atom.